The topological polar surface area (TPSA) is 0 Å². The van der Waals surface area contributed by atoms with Gasteiger partial charge in [-0.2, -0.15) is 0 Å². The maximum absolute atomic E-state index is 5.34. The second kappa shape index (κ2) is 8.72. The van der Waals surface area contributed by atoms with Crippen LogP contribution in [0.25, 0.3) is 0 Å². The quantitative estimate of drug-likeness (QED) is 0.296. The van der Waals surface area contributed by atoms with Crippen LogP contribution in [0.15, 0.2) is 78.2 Å². The monoisotopic (exact) mass is 344 g/mol. The Labute approximate surface area is 154 Å². The molecule has 0 unspecified atom stereocenters. The molecule has 0 aromatic heterocycles. The average molecular weight is 345 g/mol. The van der Waals surface area contributed by atoms with Crippen LogP contribution in [-0.2, 0) is 0 Å². The van der Waals surface area contributed by atoms with Gasteiger partial charge in [-0.05, 0) is 40.0 Å². The van der Waals surface area contributed by atoms with Crippen LogP contribution in [0.5, 0.6) is 0 Å². The van der Waals surface area contributed by atoms with Gasteiger partial charge in [-0.1, -0.05) is 81.4 Å². The summed E-state index contributed by atoms with van der Waals surface area (Å²) in [5.41, 5.74) is 5.91. The Morgan fingerprint density at radius 3 is 1.88 bits per heavy atom. The second-order valence-corrected chi connectivity index (χ2v) is 12.0. The molecule has 0 bridgehead atoms. The van der Waals surface area contributed by atoms with Gasteiger partial charge in [0.05, 0.1) is 0 Å². The Morgan fingerprint density at radius 1 is 0.920 bits per heavy atom. The van der Waals surface area contributed by atoms with Crippen molar-refractivity contribution in [2.45, 2.75) is 45.1 Å². The molecule has 0 aliphatic heterocycles. The van der Waals surface area contributed by atoms with Crippen molar-refractivity contribution in [3.63, 3.8) is 0 Å². The highest BCUT2D eigenvalue weighted by Crippen LogP contribution is 2.36. The van der Waals surface area contributed by atoms with E-state index in [4.69, 9.17) is 6.42 Å². The summed E-state index contributed by atoms with van der Waals surface area (Å²) in [5, 5.41) is 2.99. The van der Waals surface area contributed by atoms with E-state index in [1.54, 1.807) is 0 Å². The molecular formula is C24H28Si. The molecule has 0 spiro atoms. The first kappa shape index (κ1) is 19.1. The third-order valence-electron chi connectivity index (χ3n) is 4.73. The number of hydrogen-bond donors (Lipinski definition) is 0. The summed E-state index contributed by atoms with van der Waals surface area (Å²) in [4.78, 5) is 0. The molecule has 0 nitrogen and oxygen atoms in total. The van der Waals surface area contributed by atoms with E-state index in [-0.39, 0.29) is 5.04 Å². The molecule has 0 fully saturated rings. The van der Waals surface area contributed by atoms with E-state index in [0.29, 0.717) is 0 Å². The van der Waals surface area contributed by atoms with Gasteiger partial charge in [0.2, 0.25) is 0 Å². The minimum atomic E-state index is -2.13. The third kappa shape index (κ3) is 4.43. The minimum absolute atomic E-state index is 0.134. The molecule has 0 aliphatic carbocycles. The first-order valence-corrected chi connectivity index (χ1v) is 11.1. The zero-order valence-electron chi connectivity index (χ0n) is 15.6. The molecule has 0 heterocycles. The summed E-state index contributed by atoms with van der Waals surface area (Å²) in [6.07, 6.45) is 10.3. The molecule has 128 valence electrons. The average Bonchev–Trinajstić information content (AvgIpc) is 2.62. The van der Waals surface area contributed by atoms with Gasteiger partial charge in [0, 0.05) is 6.42 Å². The SMILES string of the molecule is C#CCCCC=C=C[Si](c1ccccc1)(c1ccccc1)C(C)(C)C. The van der Waals surface area contributed by atoms with Gasteiger partial charge in [-0.25, -0.2) is 0 Å². The summed E-state index contributed by atoms with van der Waals surface area (Å²) in [7, 11) is -2.13. The number of allylic oxidation sites excluding steroid dienone is 1. The standard InChI is InChI=1S/C24H28Si/c1-5-6-7-8-9-16-21-25(24(2,3)4,22-17-12-10-13-18-22)23-19-14-11-15-20-23/h1,9-15,17-21H,6-8H2,2-4H3. The molecular weight excluding hydrogens is 316 g/mol. The number of terminal acetylenes is 1. The molecule has 2 aromatic rings. The van der Waals surface area contributed by atoms with Crippen molar-refractivity contribution < 1.29 is 0 Å². The van der Waals surface area contributed by atoms with Crippen LogP contribution in [0.1, 0.15) is 40.0 Å². The third-order valence-corrected chi connectivity index (χ3v) is 10.2. The molecule has 0 atom stereocenters. The summed E-state index contributed by atoms with van der Waals surface area (Å²) in [6.45, 7) is 7.07. The fraction of sp³-hybridized carbons (Fsp3) is 0.292. The fourth-order valence-electron chi connectivity index (χ4n) is 3.39. The Balaban J connectivity index is 2.57. The van der Waals surface area contributed by atoms with E-state index in [9.17, 15) is 0 Å². The van der Waals surface area contributed by atoms with Crippen LogP contribution in [0, 0.1) is 12.3 Å². The van der Waals surface area contributed by atoms with Crippen molar-refractivity contribution in [3.05, 3.63) is 78.2 Å². The van der Waals surface area contributed by atoms with E-state index in [1.165, 1.54) is 10.4 Å². The van der Waals surface area contributed by atoms with Crippen LogP contribution >= 0.6 is 0 Å². The zero-order chi connectivity index (χ0) is 18.2. The molecule has 1 heteroatoms. The minimum Gasteiger partial charge on any atom is -0.133 e. The number of rotatable bonds is 6. The Hall–Kier alpha value is -2.26. The molecule has 0 radical (unpaired) electrons. The van der Waals surface area contributed by atoms with Gasteiger partial charge >= 0.3 is 0 Å². The lowest BCUT2D eigenvalue weighted by Crippen LogP contribution is -2.63. The van der Waals surface area contributed by atoms with Gasteiger partial charge in [0.1, 0.15) is 0 Å². The van der Waals surface area contributed by atoms with E-state index < -0.39 is 8.07 Å². The van der Waals surface area contributed by atoms with Gasteiger partial charge < -0.3 is 0 Å². The molecule has 0 saturated heterocycles. The predicted octanol–water partition coefficient (Wildman–Crippen LogP) is 5.10. The Bertz CT molecular complexity index is 712. The van der Waals surface area contributed by atoms with Crippen LogP contribution in [0.2, 0.25) is 5.04 Å². The van der Waals surface area contributed by atoms with E-state index in [2.05, 4.69) is 105 Å². The van der Waals surface area contributed by atoms with Crippen LogP contribution < -0.4 is 10.4 Å². The maximum atomic E-state index is 5.34. The fourth-order valence-corrected chi connectivity index (χ4v) is 8.03. The van der Waals surface area contributed by atoms with E-state index in [1.807, 2.05) is 0 Å². The summed E-state index contributed by atoms with van der Waals surface area (Å²) in [5.74, 6) is 2.70. The van der Waals surface area contributed by atoms with Gasteiger partial charge in [-0.15, -0.1) is 18.1 Å². The summed E-state index contributed by atoms with van der Waals surface area (Å²) in [6, 6.07) is 21.9. The van der Waals surface area contributed by atoms with Crippen molar-refractivity contribution in [2.75, 3.05) is 0 Å². The maximum Gasteiger partial charge on any atom is 0.154 e. The molecule has 2 rings (SSSR count). The lowest BCUT2D eigenvalue weighted by molar-refractivity contribution is 0.738. The normalized spacial score (nSPS) is 11.3. The molecule has 2 aromatic carbocycles. The van der Waals surface area contributed by atoms with Crippen molar-refractivity contribution in [2.24, 2.45) is 0 Å². The largest absolute Gasteiger partial charge is 0.154 e. The molecule has 0 N–H and O–H groups in total. The van der Waals surface area contributed by atoms with Crippen LogP contribution in [-0.4, -0.2) is 8.07 Å². The van der Waals surface area contributed by atoms with E-state index in [0.717, 1.165) is 19.3 Å². The first-order valence-electron chi connectivity index (χ1n) is 8.99. The van der Waals surface area contributed by atoms with Crippen molar-refractivity contribution in [3.8, 4) is 12.3 Å². The highest BCUT2D eigenvalue weighted by Gasteiger charge is 2.45. The van der Waals surface area contributed by atoms with Crippen LogP contribution in [0.4, 0.5) is 0 Å². The van der Waals surface area contributed by atoms with Crippen LogP contribution in [0.3, 0.4) is 0 Å². The molecule has 0 amide bonds. The lowest BCUT2D eigenvalue weighted by Gasteiger charge is -2.41. The van der Waals surface area contributed by atoms with Crippen molar-refractivity contribution in [1.29, 1.82) is 0 Å². The highest BCUT2D eigenvalue weighted by molar-refractivity contribution is 7.07. The second-order valence-electron chi connectivity index (χ2n) is 7.40. The highest BCUT2D eigenvalue weighted by atomic mass is 28.3. The zero-order valence-corrected chi connectivity index (χ0v) is 16.6. The number of hydrogen-bond acceptors (Lipinski definition) is 0. The van der Waals surface area contributed by atoms with Crippen molar-refractivity contribution in [1.82, 2.24) is 0 Å². The molecule has 0 saturated carbocycles. The van der Waals surface area contributed by atoms with Gasteiger partial charge in [-0.3, -0.25) is 0 Å². The van der Waals surface area contributed by atoms with Gasteiger partial charge in [0.25, 0.3) is 0 Å². The smallest absolute Gasteiger partial charge is 0.133 e. The number of benzene rings is 2. The van der Waals surface area contributed by atoms with Gasteiger partial charge in [0.15, 0.2) is 8.07 Å². The molecule has 25 heavy (non-hydrogen) atoms. The lowest BCUT2D eigenvalue weighted by atomic mass is 10.2. The Kier molecular flexibility index (Phi) is 6.65. The predicted molar refractivity (Wildman–Crippen MR) is 113 cm³/mol. The first-order chi connectivity index (χ1) is 12.0. The number of unbranched alkanes of at least 4 members (excludes halogenated alkanes) is 2. The summed E-state index contributed by atoms with van der Waals surface area (Å²) >= 11 is 0. The summed E-state index contributed by atoms with van der Waals surface area (Å²) < 4.78 is 0. The molecule has 0 aliphatic rings. The Morgan fingerprint density at radius 2 is 1.44 bits per heavy atom. The van der Waals surface area contributed by atoms with Crippen molar-refractivity contribution >= 4 is 18.4 Å². The van der Waals surface area contributed by atoms with E-state index >= 15 is 0 Å².